The number of hydrogen-bond donors (Lipinski definition) is 0. The molecule has 0 radical (unpaired) electrons. The summed E-state index contributed by atoms with van der Waals surface area (Å²) < 4.78 is 16.8. The quantitative estimate of drug-likeness (QED) is 0.0261. The van der Waals surface area contributed by atoms with Crippen LogP contribution in [0.5, 0.6) is 0 Å². The van der Waals surface area contributed by atoms with Gasteiger partial charge in [0.05, 0.1) is 6.42 Å². The average Bonchev–Trinajstić information content (AvgIpc) is 3.44. The molecule has 6 nitrogen and oxygen atoms in total. The molecule has 0 heterocycles. The van der Waals surface area contributed by atoms with Gasteiger partial charge in [0.1, 0.15) is 13.2 Å². The summed E-state index contributed by atoms with van der Waals surface area (Å²) in [5.74, 6) is -1.06. The zero-order valence-corrected chi connectivity index (χ0v) is 50.9. The lowest BCUT2D eigenvalue weighted by molar-refractivity contribution is -0.166. The summed E-state index contributed by atoms with van der Waals surface area (Å²) in [4.78, 5) is 38.2. The zero-order valence-electron chi connectivity index (χ0n) is 50.9. The van der Waals surface area contributed by atoms with Crippen LogP contribution in [0.2, 0.25) is 0 Å². The lowest BCUT2D eigenvalue weighted by Gasteiger charge is -2.18. The van der Waals surface area contributed by atoms with Crippen LogP contribution >= 0.6 is 0 Å². The van der Waals surface area contributed by atoms with Crippen molar-refractivity contribution in [3.63, 3.8) is 0 Å². The third-order valence-electron chi connectivity index (χ3n) is 13.7. The molecule has 0 amide bonds. The summed E-state index contributed by atoms with van der Waals surface area (Å²) in [6, 6.07) is 0. The molecule has 0 saturated carbocycles. The Hall–Kier alpha value is -4.19. The Morgan fingerprint density at radius 3 is 0.910 bits per heavy atom. The topological polar surface area (TPSA) is 78.9 Å². The van der Waals surface area contributed by atoms with E-state index in [1.807, 2.05) is 6.08 Å². The van der Waals surface area contributed by atoms with Crippen LogP contribution in [0.4, 0.5) is 0 Å². The predicted molar refractivity (Wildman–Crippen MR) is 339 cm³/mol. The molecule has 444 valence electrons. The third-order valence-corrected chi connectivity index (χ3v) is 13.7. The van der Waals surface area contributed by atoms with Crippen LogP contribution in [0.3, 0.4) is 0 Å². The van der Waals surface area contributed by atoms with Crippen molar-refractivity contribution in [3.8, 4) is 0 Å². The number of rotatable bonds is 58. The molecule has 78 heavy (non-hydrogen) atoms. The minimum atomic E-state index is -0.829. The number of carbonyl (C=O) groups excluding carboxylic acids is 3. The highest BCUT2D eigenvalue weighted by Gasteiger charge is 2.19. The predicted octanol–water partition coefficient (Wildman–Crippen LogP) is 22.4. The highest BCUT2D eigenvalue weighted by Crippen LogP contribution is 2.16. The van der Waals surface area contributed by atoms with Crippen molar-refractivity contribution in [1.29, 1.82) is 0 Å². The van der Waals surface area contributed by atoms with Crippen LogP contribution in [-0.2, 0) is 28.6 Å². The van der Waals surface area contributed by atoms with Gasteiger partial charge in [-0.3, -0.25) is 14.4 Å². The van der Waals surface area contributed by atoms with Gasteiger partial charge < -0.3 is 14.2 Å². The minimum Gasteiger partial charge on any atom is -0.462 e. The summed E-state index contributed by atoms with van der Waals surface area (Å²) in [5.41, 5.74) is 0. The number of allylic oxidation sites excluding steroid dienone is 19. The highest BCUT2D eigenvalue weighted by molar-refractivity contribution is 5.72. The van der Waals surface area contributed by atoms with E-state index in [0.717, 1.165) is 109 Å². The van der Waals surface area contributed by atoms with Gasteiger partial charge in [-0.15, -0.1) is 0 Å². The molecular formula is C72H120O6. The molecule has 0 rings (SSSR count). The first-order chi connectivity index (χ1) is 38.5. The normalized spacial score (nSPS) is 12.9. The van der Waals surface area contributed by atoms with Crippen LogP contribution in [-0.4, -0.2) is 37.2 Å². The summed E-state index contributed by atoms with van der Waals surface area (Å²) in [6.45, 7) is 6.41. The van der Waals surface area contributed by atoms with Crippen LogP contribution in [0.25, 0.3) is 0 Å². The van der Waals surface area contributed by atoms with Crippen LogP contribution in [0.15, 0.2) is 122 Å². The van der Waals surface area contributed by atoms with Crippen LogP contribution < -0.4 is 0 Å². The maximum atomic E-state index is 12.9. The monoisotopic (exact) mass is 1080 g/mol. The molecule has 0 aliphatic heterocycles. The smallest absolute Gasteiger partial charge is 0.309 e. The number of carbonyl (C=O) groups is 3. The van der Waals surface area contributed by atoms with Gasteiger partial charge in [0.25, 0.3) is 0 Å². The van der Waals surface area contributed by atoms with Gasteiger partial charge in [-0.2, -0.15) is 0 Å². The molecule has 0 aromatic carbocycles. The lowest BCUT2D eigenvalue weighted by atomic mass is 10.0. The third kappa shape index (κ3) is 62.7. The van der Waals surface area contributed by atoms with Crippen molar-refractivity contribution in [3.05, 3.63) is 122 Å². The van der Waals surface area contributed by atoms with Crippen LogP contribution in [0.1, 0.15) is 297 Å². The Kier molecular flexibility index (Phi) is 61.8. The van der Waals surface area contributed by atoms with Gasteiger partial charge in [0.15, 0.2) is 6.10 Å². The SMILES string of the molecule is CC/C=C\C/C=C\C/C=C\C/C=C\C/C=C\CC(=O)OCC(COC(=O)CCCCCCCCCCCCCCCC/C=C\C/C=C\C/C=C\CCCCCCC)OC(=O)CCCCCCC/C=C\C/C=C\CCCCCC. The number of esters is 3. The first kappa shape index (κ1) is 73.8. The summed E-state index contributed by atoms with van der Waals surface area (Å²) >= 11 is 0. The first-order valence-corrected chi connectivity index (χ1v) is 32.5. The molecule has 0 spiro atoms. The maximum Gasteiger partial charge on any atom is 0.309 e. The Morgan fingerprint density at radius 2 is 0.551 bits per heavy atom. The standard InChI is InChI=1S/C72H120O6/c1-4-7-10-13-16-19-22-25-28-30-31-32-33-34-35-36-37-38-39-40-41-42-45-47-50-53-56-59-62-65-71(74)77-68-69(67-76-70(73)64-61-58-55-52-49-46-43-27-24-21-18-15-12-9-6-3)78-72(75)66-63-60-57-54-51-48-44-29-26-23-20-17-14-11-8-5-2/h9,12,18,20-23,25,27,29-31,33-34,43-44,49,52,58,61,69H,4-8,10-11,13-17,19,24,26,28,32,35-42,45-48,50-51,53-57,59-60,62-68H2,1-3H3/b12-9-,21-18-,23-20-,25-22-,31-30-,34-33-,43-27-,44-29-,52-49-,61-58-. The van der Waals surface area contributed by atoms with E-state index >= 15 is 0 Å². The molecule has 0 bridgehead atoms. The van der Waals surface area contributed by atoms with Gasteiger partial charge in [0, 0.05) is 12.8 Å². The van der Waals surface area contributed by atoms with E-state index in [1.54, 1.807) is 6.08 Å². The van der Waals surface area contributed by atoms with Crippen molar-refractivity contribution in [2.24, 2.45) is 0 Å². The highest BCUT2D eigenvalue weighted by atomic mass is 16.6. The second kappa shape index (κ2) is 65.3. The Balaban J connectivity index is 4.35. The Labute approximate surface area is 482 Å². The average molecular weight is 1080 g/mol. The van der Waals surface area contributed by atoms with E-state index in [4.69, 9.17) is 14.2 Å². The Morgan fingerprint density at radius 1 is 0.282 bits per heavy atom. The van der Waals surface area contributed by atoms with Gasteiger partial charge in [-0.1, -0.05) is 284 Å². The fraction of sp³-hybridized carbons (Fsp3) is 0.681. The van der Waals surface area contributed by atoms with Crippen molar-refractivity contribution in [1.82, 2.24) is 0 Å². The molecule has 0 aromatic heterocycles. The van der Waals surface area contributed by atoms with E-state index in [9.17, 15) is 14.4 Å². The molecule has 0 aliphatic rings. The van der Waals surface area contributed by atoms with Gasteiger partial charge in [0.2, 0.25) is 0 Å². The van der Waals surface area contributed by atoms with Crippen molar-refractivity contribution < 1.29 is 28.6 Å². The molecule has 6 heteroatoms. The molecular weight excluding hydrogens is 961 g/mol. The summed E-state index contributed by atoms with van der Waals surface area (Å²) in [6.07, 6.45) is 91.0. The molecule has 0 aromatic rings. The van der Waals surface area contributed by atoms with Crippen molar-refractivity contribution in [2.75, 3.05) is 13.2 Å². The zero-order chi connectivity index (χ0) is 56.4. The summed E-state index contributed by atoms with van der Waals surface area (Å²) in [7, 11) is 0. The molecule has 0 N–H and O–H groups in total. The second-order valence-corrected chi connectivity index (χ2v) is 21.3. The van der Waals surface area contributed by atoms with E-state index < -0.39 is 12.1 Å². The van der Waals surface area contributed by atoms with Crippen molar-refractivity contribution in [2.45, 2.75) is 303 Å². The second-order valence-electron chi connectivity index (χ2n) is 21.3. The summed E-state index contributed by atoms with van der Waals surface area (Å²) in [5, 5.41) is 0. The van der Waals surface area contributed by atoms with Gasteiger partial charge in [-0.25, -0.2) is 0 Å². The maximum absolute atomic E-state index is 12.9. The Bertz CT molecular complexity index is 1620. The number of hydrogen-bond acceptors (Lipinski definition) is 6. The fourth-order valence-electron chi connectivity index (χ4n) is 8.85. The van der Waals surface area contributed by atoms with E-state index in [-0.39, 0.29) is 31.6 Å². The van der Waals surface area contributed by atoms with E-state index in [1.165, 1.54) is 148 Å². The van der Waals surface area contributed by atoms with Crippen molar-refractivity contribution >= 4 is 17.9 Å². The van der Waals surface area contributed by atoms with Crippen LogP contribution in [0, 0.1) is 0 Å². The van der Waals surface area contributed by atoms with Gasteiger partial charge in [-0.05, 0) is 116 Å². The van der Waals surface area contributed by atoms with Gasteiger partial charge >= 0.3 is 17.9 Å². The lowest BCUT2D eigenvalue weighted by Crippen LogP contribution is -2.30. The van der Waals surface area contributed by atoms with E-state index in [0.29, 0.717) is 12.8 Å². The van der Waals surface area contributed by atoms with E-state index in [2.05, 4.69) is 130 Å². The number of unbranched alkanes of at least 4 members (excludes halogenated alkanes) is 28. The largest absolute Gasteiger partial charge is 0.462 e. The molecule has 0 saturated heterocycles. The molecule has 0 fully saturated rings. The number of ether oxygens (including phenoxy) is 3. The minimum absolute atomic E-state index is 0.115. The molecule has 1 atom stereocenters. The molecule has 1 unspecified atom stereocenters. The fourth-order valence-corrected chi connectivity index (χ4v) is 8.85. The first-order valence-electron chi connectivity index (χ1n) is 32.5. The molecule has 0 aliphatic carbocycles.